The van der Waals surface area contributed by atoms with Gasteiger partial charge in [-0.25, -0.2) is 8.78 Å². The molecule has 2 amide bonds. The Morgan fingerprint density at radius 2 is 1.71 bits per heavy atom. The molecule has 1 heterocycles. The van der Waals surface area contributed by atoms with E-state index in [2.05, 4.69) is 10.6 Å². The number of benzene rings is 2. The van der Waals surface area contributed by atoms with Crippen LogP contribution >= 0.6 is 0 Å². The summed E-state index contributed by atoms with van der Waals surface area (Å²) in [7, 11) is 0. The molecule has 0 aromatic heterocycles. The SMILES string of the molecule is O=C(CN1CCC(C(=O)NCc2ccc(F)cc2)CC1)Nc1cccc(F)c1. The number of carbonyl (C=O) groups is 2. The van der Waals surface area contributed by atoms with Gasteiger partial charge in [-0.1, -0.05) is 18.2 Å². The van der Waals surface area contributed by atoms with Gasteiger partial charge in [0.15, 0.2) is 0 Å². The van der Waals surface area contributed by atoms with Crippen molar-refractivity contribution in [2.75, 3.05) is 25.0 Å². The summed E-state index contributed by atoms with van der Waals surface area (Å²) in [5.41, 5.74) is 1.28. The maximum absolute atomic E-state index is 13.2. The lowest BCUT2D eigenvalue weighted by atomic mass is 9.96. The first-order valence-electron chi connectivity index (χ1n) is 9.29. The van der Waals surface area contributed by atoms with Gasteiger partial charge in [-0.15, -0.1) is 0 Å². The van der Waals surface area contributed by atoms with Crippen molar-refractivity contribution in [1.82, 2.24) is 10.2 Å². The fourth-order valence-corrected chi connectivity index (χ4v) is 3.26. The molecule has 0 bridgehead atoms. The minimum atomic E-state index is -0.398. The second-order valence-electron chi connectivity index (χ2n) is 6.95. The largest absolute Gasteiger partial charge is 0.352 e. The predicted molar refractivity (Wildman–Crippen MR) is 102 cm³/mol. The molecule has 3 rings (SSSR count). The van der Waals surface area contributed by atoms with Gasteiger partial charge in [-0.05, 0) is 61.8 Å². The van der Waals surface area contributed by atoms with Crippen molar-refractivity contribution in [1.29, 1.82) is 0 Å². The van der Waals surface area contributed by atoms with Gasteiger partial charge in [0, 0.05) is 18.2 Å². The summed E-state index contributed by atoms with van der Waals surface area (Å²) in [6.07, 6.45) is 1.34. The number of amides is 2. The molecule has 1 fully saturated rings. The Morgan fingerprint density at radius 1 is 1.00 bits per heavy atom. The molecule has 0 radical (unpaired) electrons. The van der Waals surface area contributed by atoms with Crippen LogP contribution in [-0.4, -0.2) is 36.3 Å². The van der Waals surface area contributed by atoms with E-state index in [-0.39, 0.29) is 30.1 Å². The predicted octanol–water partition coefficient (Wildman–Crippen LogP) is 2.93. The average molecular weight is 387 g/mol. The number of anilines is 1. The number of hydrogen-bond acceptors (Lipinski definition) is 3. The molecule has 7 heteroatoms. The second kappa shape index (κ2) is 9.41. The molecule has 1 aliphatic rings. The van der Waals surface area contributed by atoms with Crippen LogP contribution in [0.2, 0.25) is 0 Å². The first kappa shape index (κ1) is 19.9. The molecule has 0 aliphatic carbocycles. The second-order valence-corrected chi connectivity index (χ2v) is 6.95. The zero-order valence-electron chi connectivity index (χ0n) is 15.5. The summed E-state index contributed by atoms with van der Waals surface area (Å²) >= 11 is 0. The normalized spacial score (nSPS) is 15.2. The number of rotatable bonds is 6. The van der Waals surface area contributed by atoms with Gasteiger partial charge in [0.2, 0.25) is 11.8 Å². The van der Waals surface area contributed by atoms with E-state index >= 15 is 0 Å². The highest BCUT2D eigenvalue weighted by Crippen LogP contribution is 2.18. The zero-order chi connectivity index (χ0) is 19.9. The molecule has 5 nitrogen and oxygen atoms in total. The Kier molecular flexibility index (Phi) is 6.71. The molecule has 2 N–H and O–H groups in total. The Bertz CT molecular complexity index is 819. The van der Waals surface area contributed by atoms with Crippen molar-refractivity contribution >= 4 is 17.5 Å². The Hall–Kier alpha value is -2.80. The van der Waals surface area contributed by atoms with Crippen LogP contribution < -0.4 is 10.6 Å². The first-order chi connectivity index (χ1) is 13.5. The quantitative estimate of drug-likeness (QED) is 0.801. The van der Waals surface area contributed by atoms with E-state index in [1.807, 2.05) is 4.90 Å². The van der Waals surface area contributed by atoms with Crippen LogP contribution in [0.25, 0.3) is 0 Å². The van der Waals surface area contributed by atoms with E-state index in [1.165, 1.54) is 24.3 Å². The molecule has 0 unspecified atom stereocenters. The Labute approximate surface area is 162 Å². The number of halogens is 2. The molecule has 0 saturated carbocycles. The maximum Gasteiger partial charge on any atom is 0.238 e. The number of hydrogen-bond donors (Lipinski definition) is 2. The first-order valence-corrected chi connectivity index (χ1v) is 9.29. The van der Waals surface area contributed by atoms with Crippen molar-refractivity contribution in [2.24, 2.45) is 5.92 Å². The summed E-state index contributed by atoms with van der Waals surface area (Å²) < 4.78 is 26.1. The van der Waals surface area contributed by atoms with Crippen molar-refractivity contribution in [2.45, 2.75) is 19.4 Å². The summed E-state index contributed by atoms with van der Waals surface area (Å²) in [5.74, 6) is -1.02. The van der Waals surface area contributed by atoms with Crippen LogP contribution in [0.1, 0.15) is 18.4 Å². The third-order valence-corrected chi connectivity index (χ3v) is 4.81. The zero-order valence-corrected chi connectivity index (χ0v) is 15.5. The lowest BCUT2D eigenvalue weighted by Crippen LogP contribution is -2.43. The van der Waals surface area contributed by atoms with E-state index in [9.17, 15) is 18.4 Å². The van der Waals surface area contributed by atoms with Gasteiger partial charge >= 0.3 is 0 Å². The maximum atomic E-state index is 13.2. The van der Waals surface area contributed by atoms with Gasteiger partial charge in [0.1, 0.15) is 11.6 Å². The van der Waals surface area contributed by atoms with Crippen molar-refractivity contribution in [3.05, 3.63) is 65.7 Å². The Morgan fingerprint density at radius 3 is 2.39 bits per heavy atom. The van der Waals surface area contributed by atoms with E-state index < -0.39 is 5.82 Å². The van der Waals surface area contributed by atoms with Crippen LogP contribution in [0.15, 0.2) is 48.5 Å². The fraction of sp³-hybridized carbons (Fsp3) is 0.333. The summed E-state index contributed by atoms with van der Waals surface area (Å²) in [6, 6.07) is 11.8. The van der Waals surface area contributed by atoms with Gasteiger partial charge in [-0.2, -0.15) is 0 Å². The van der Waals surface area contributed by atoms with E-state index in [1.54, 1.807) is 24.3 Å². The molecule has 0 atom stereocenters. The van der Waals surface area contributed by atoms with Crippen molar-refractivity contribution < 1.29 is 18.4 Å². The molecular formula is C21H23F2N3O2. The number of nitrogens with zero attached hydrogens (tertiary/aromatic N) is 1. The minimum Gasteiger partial charge on any atom is -0.352 e. The molecule has 28 heavy (non-hydrogen) atoms. The lowest BCUT2D eigenvalue weighted by molar-refractivity contribution is -0.126. The van der Waals surface area contributed by atoms with Crippen LogP contribution in [0.5, 0.6) is 0 Å². The monoisotopic (exact) mass is 387 g/mol. The van der Waals surface area contributed by atoms with Crippen LogP contribution in [0.4, 0.5) is 14.5 Å². The fourth-order valence-electron chi connectivity index (χ4n) is 3.26. The third kappa shape index (κ3) is 5.85. The van der Waals surface area contributed by atoms with Gasteiger partial charge in [0.05, 0.1) is 6.54 Å². The van der Waals surface area contributed by atoms with Gasteiger partial charge in [-0.3, -0.25) is 14.5 Å². The number of nitrogens with one attached hydrogen (secondary N) is 2. The summed E-state index contributed by atoms with van der Waals surface area (Å²) in [5, 5.41) is 5.57. The van der Waals surface area contributed by atoms with E-state index in [0.29, 0.717) is 38.2 Å². The van der Waals surface area contributed by atoms with Crippen molar-refractivity contribution in [3.63, 3.8) is 0 Å². The molecule has 2 aromatic carbocycles. The highest BCUT2D eigenvalue weighted by molar-refractivity contribution is 5.92. The minimum absolute atomic E-state index is 0.0202. The van der Waals surface area contributed by atoms with Crippen LogP contribution in [0.3, 0.4) is 0 Å². The highest BCUT2D eigenvalue weighted by Gasteiger charge is 2.25. The van der Waals surface area contributed by atoms with Gasteiger partial charge < -0.3 is 10.6 Å². The molecule has 1 aliphatic heterocycles. The van der Waals surface area contributed by atoms with Crippen LogP contribution in [0, 0.1) is 17.6 Å². The molecule has 2 aromatic rings. The molecule has 1 saturated heterocycles. The van der Waals surface area contributed by atoms with Crippen LogP contribution in [-0.2, 0) is 16.1 Å². The third-order valence-electron chi connectivity index (χ3n) is 4.81. The smallest absolute Gasteiger partial charge is 0.238 e. The molecular weight excluding hydrogens is 364 g/mol. The summed E-state index contributed by atoms with van der Waals surface area (Å²) in [6.45, 7) is 1.87. The molecule has 148 valence electrons. The number of carbonyl (C=O) groups excluding carboxylic acids is 2. The average Bonchev–Trinajstić information content (AvgIpc) is 2.68. The number of piperidine rings is 1. The number of likely N-dealkylation sites (tertiary alicyclic amines) is 1. The lowest BCUT2D eigenvalue weighted by Gasteiger charge is -2.30. The standard InChI is InChI=1S/C21H23F2N3O2/c22-17-6-4-15(5-7-17)13-24-21(28)16-8-10-26(11-9-16)14-20(27)25-19-3-1-2-18(23)12-19/h1-7,12,16H,8-11,13-14H2,(H,24,28)(H,25,27). The van der Waals surface area contributed by atoms with E-state index in [4.69, 9.17) is 0 Å². The Balaban J connectivity index is 1.39. The topological polar surface area (TPSA) is 61.4 Å². The summed E-state index contributed by atoms with van der Waals surface area (Å²) in [4.78, 5) is 26.4. The molecule has 0 spiro atoms. The van der Waals surface area contributed by atoms with Gasteiger partial charge in [0.25, 0.3) is 0 Å². The highest BCUT2D eigenvalue weighted by atomic mass is 19.1. The van der Waals surface area contributed by atoms with Crippen molar-refractivity contribution in [3.8, 4) is 0 Å². The van der Waals surface area contributed by atoms with E-state index in [0.717, 1.165) is 5.56 Å².